The van der Waals surface area contributed by atoms with Crippen molar-refractivity contribution in [2.24, 2.45) is 0 Å². The smallest absolute Gasteiger partial charge is 0.102 e. The van der Waals surface area contributed by atoms with Gasteiger partial charge in [-0.05, 0) is 28.1 Å². The van der Waals surface area contributed by atoms with Crippen molar-refractivity contribution < 1.29 is 0 Å². The first-order valence-corrected chi connectivity index (χ1v) is 5.10. The summed E-state index contributed by atoms with van der Waals surface area (Å²) in [6, 6.07) is 5.59. The molecule has 2 rings (SSSR count). The predicted octanol–water partition coefficient (Wildman–Crippen LogP) is 2.87. The molecule has 0 saturated heterocycles. The van der Waals surface area contributed by atoms with E-state index in [2.05, 4.69) is 21.0 Å². The maximum Gasteiger partial charge on any atom is 0.102 e. The number of hydrogen-bond donors (Lipinski definition) is 1. The molecule has 2 N–H and O–H groups in total. The number of nitrogen functional groups attached to an aromatic ring is 1. The quantitative estimate of drug-likeness (QED) is 0.811. The van der Waals surface area contributed by atoms with Gasteiger partial charge in [0.05, 0.1) is 16.9 Å². The van der Waals surface area contributed by atoms with E-state index in [1.807, 2.05) is 18.2 Å². The Balaban J connectivity index is 2.61. The Morgan fingerprint density at radius 1 is 1.43 bits per heavy atom. The van der Waals surface area contributed by atoms with E-state index in [1.165, 1.54) is 0 Å². The van der Waals surface area contributed by atoms with Crippen molar-refractivity contribution in [3.8, 4) is 5.69 Å². The van der Waals surface area contributed by atoms with Crippen molar-refractivity contribution in [2.45, 2.75) is 0 Å². The first-order chi connectivity index (χ1) is 6.68. The predicted molar refractivity (Wildman–Crippen MR) is 60.7 cm³/mol. The molecule has 0 atom stereocenters. The van der Waals surface area contributed by atoms with Crippen LogP contribution in [0, 0.1) is 0 Å². The molecule has 5 heteroatoms. The fraction of sp³-hybridized carbons (Fsp3) is 0. The van der Waals surface area contributed by atoms with Gasteiger partial charge in [0.1, 0.15) is 5.69 Å². The zero-order chi connectivity index (χ0) is 10.1. The van der Waals surface area contributed by atoms with Gasteiger partial charge in [-0.2, -0.15) is 5.10 Å². The lowest BCUT2D eigenvalue weighted by Gasteiger charge is -2.07. The molecular weight excluding hydrogens is 265 g/mol. The number of aromatic nitrogens is 2. The lowest BCUT2D eigenvalue weighted by Crippen LogP contribution is -2.00. The normalized spacial score (nSPS) is 10.4. The molecule has 14 heavy (non-hydrogen) atoms. The van der Waals surface area contributed by atoms with E-state index in [1.54, 1.807) is 17.1 Å². The van der Waals surface area contributed by atoms with Gasteiger partial charge in [-0.3, -0.25) is 0 Å². The van der Waals surface area contributed by atoms with Crippen LogP contribution in [0.1, 0.15) is 0 Å². The number of halogens is 2. The SMILES string of the molecule is Nc1cccc(Br)c1-n1cc(Cl)cn1. The number of nitrogens with zero attached hydrogens (tertiary/aromatic N) is 2. The number of nitrogens with two attached hydrogens (primary N) is 1. The highest BCUT2D eigenvalue weighted by molar-refractivity contribution is 9.10. The summed E-state index contributed by atoms with van der Waals surface area (Å²) in [4.78, 5) is 0. The molecule has 1 heterocycles. The van der Waals surface area contributed by atoms with Gasteiger partial charge >= 0.3 is 0 Å². The van der Waals surface area contributed by atoms with Gasteiger partial charge in [0.25, 0.3) is 0 Å². The standard InChI is InChI=1S/C9H7BrClN3/c10-7-2-1-3-8(12)9(7)14-5-6(11)4-13-14/h1-5H,12H2. The second-order valence-electron chi connectivity index (χ2n) is 2.78. The fourth-order valence-electron chi connectivity index (χ4n) is 1.20. The number of rotatable bonds is 1. The molecule has 0 spiro atoms. The molecule has 0 unspecified atom stereocenters. The lowest BCUT2D eigenvalue weighted by molar-refractivity contribution is 0.879. The topological polar surface area (TPSA) is 43.8 Å². The molecule has 0 radical (unpaired) electrons. The van der Waals surface area contributed by atoms with Crippen LogP contribution in [0.2, 0.25) is 5.02 Å². The first-order valence-electron chi connectivity index (χ1n) is 3.93. The van der Waals surface area contributed by atoms with Gasteiger partial charge in [-0.25, -0.2) is 4.68 Å². The van der Waals surface area contributed by atoms with Crippen LogP contribution in [-0.2, 0) is 0 Å². The van der Waals surface area contributed by atoms with Crippen LogP contribution in [0.25, 0.3) is 5.69 Å². The Morgan fingerprint density at radius 2 is 2.21 bits per heavy atom. The second kappa shape index (κ2) is 3.63. The Labute approximate surface area is 94.6 Å². The molecule has 0 aliphatic carbocycles. The van der Waals surface area contributed by atoms with Gasteiger partial charge < -0.3 is 5.73 Å². The van der Waals surface area contributed by atoms with Gasteiger partial charge in [-0.1, -0.05) is 17.7 Å². The van der Waals surface area contributed by atoms with Crippen molar-refractivity contribution in [1.82, 2.24) is 9.78 Å². The van der Waals surface area contributed by atoms with E-state index in [-0.39, 0.29) is 0 Å². The number of hydrogen-bond acceptors (Lipinski definition) is 2. The van der Waals surface area contributed by atoms with Crippen molar-refractivity contribution in [3.05, 3.63) is 40.1 Å². The highest BCUT2D eigenvalue weighted by Gasteiger charge is 2.07. The Hall–Kier alpha value is -1.00. The van der Waals surface area contributed by atoms with Crippen molar-refractivity contribution >= 4 is 33.2 Å². The van der Waals surface area contributed by atoms with Crippen LogP contribution in [0.15, 0.2) is 35.1 Å². The summed E-state index contributed by atoms with van der Waals surface area (Å²) >= 11 is 9.18. The van der Waals surface area contributed by atoms with Crippen LogP contribution in [0.5, 0.6) is 0 Å². The molecule has 72 valence electrons. The third-order valence-corrected chi connectivity index (χ3v) is 2.63. The highest BCUT2D eigenvalue weighted by atomic mass is 79.9. The van der Waals surface area contributed by atoms with Crippen molar-refractivity contribution in [3.63, 3.8) is 0 Å². The Kier molecular flexibility index (Phi) is 2.48. The van der Waals surface area contributed by atoms with E-state index in [0.717, 1.165) is 10.2 Å². The van der Waals surface area contributed by atoms with E-state index >= 15 is 0 Å². The number of para-hydroxylation sites is 1. The third kappa shape index (κ3) is 1.63. The van der Waals surface area contributed by atoms with Gasteiger partial charge in [-0.15, -0.1) is 0 Å². The van der Waals surface area contributed by atoms with Gasteiger partial charge in [0.2, 0.25) is 0 Å². The van der Waals surface area contributed by atoms with Crippen LogP contribution in [-0.4, -0.2) is 9.78 Å². The molecule has 0 saturated carbocycles. The monoisotopic (exact) mass is 271 g/mol. The lowest BCUT2D eigenvalue weighted by atomic mass is 10.3. The molecular formula is C9H7BrClN3. The summed E-state index contributed by atoms with van der Waals surface area (Å²) in [5.41, 5.74) is 7.29. The number of benzene rings is 1. The molecule has 2 aromatic rings. The molecule has 0 fully saturated rings. The molecule has 0 aliphatic rings. The summed E-state index contributed by atoms with van der Waals surface area (Å²) in [5, 5.41) is 4.67. The van der Waals surface area contributed by atoms with Gasteiger partial charge in [0.15, 0.2) is 0 Å². The average molecular weight is 273 g/mol. The molecule has 1 aromatic heterocycles. The van der Waals surface area contributed by atoms with Crippen LogP contribution >= 0.6 is 27.5 Å². The zero-order valence-corrected chi connectivity index (χ0v) is 9.46. The Bertz CT molecular complexity index is 447. The summed E-state index contributed by atoms with van der Waals surface area (Å²) in [7, 11) is 0. The summed E-state index contributed by atoms with van der Waals surface area (Å²) in [6.45, 7) is 0. The minimum Gasteiger partial charge on any atom is -0.397 e. The van der Waals surface area contributed by atoms with Crippen LogP contribution in [0.4, 0.5) is 5.69 Å². The summed E-state index contributed by atoms with van der Waals surface area (Å²) < 4.78 is 2.53. The number of anilines is 1. The molecule has 1 aromatic carbocycles. The van der Waals surface area contributed by atoms with E-state index in [0.29, 0.717) is 10.7 Å². The molecule has 0 bridgehead atoms. The minimum absolute atomic E-state index is 0.583. The van der Waals surface area contributed by atoms with Crippen molar-refractivity contribution in [2.75, 3.05) is 5.73 Å². The third-order valence-electron chi connectivity index (χ3n) is 1.80. The van der Waals surface area contributed by atoms with Crippen molar-refractivity contribution in [1.29, 1.82) is 0 Å². The van der Waals surface area contributed by atoms with E-state index in [9.17, 15) is 0 Å². The fourth-order valence-corrected chi connectivity index (χ4v) is 1.90. The van der Waals surface area contributed by atoms with E-state index < -0.39 is 0 Å². The minimum atomic E-state index is 0.583. The van der Waals surface area contributed by atoms with E-state index in [4.69, 9.17) is 17.3 Å². The molecule has 0 aliphatic heterocycles. The van der Waals surface area contributed by atoms with Crippen LogP contribution in [0.3, 0.4) is 0 Å². The largest absolute Gasteiger partial charge is 0.397 e. The first kappa shape index (κ1) is 9.55. The summed E-state index contributed by atoms with van der Waals surface area (Å²) in [6.07, 6.45) is 3.28. The maximum absolute atomic E-state index is 5.83. The second-order valence-corrected chi connectivity index (χ2v) is 4.07. The zero-order valence-electron chi connectivity index (χ0n) is 7.11. The summed E-state index contributed by atoms with van der Waals surface area (Å²) in [5.74, 6) is 0. The van der Waals surface area contributed by atoms with Crippen LogP contribution < -0.4 is 5.73 Å². The Morgan fingerprint density at radius 3 is 2.79 bits per heavy atom. The molecule has 3 nitrogen and oxygen atoms in total. The van der Waals surface area contributed by atoms with Gasteiger partial charge in [0, 0.05) is 10.7 Å². The highest BCUT2D eigenvalue weighted by Crippen LogP contribution is 2.26. The average Bonchev–Trinajstić information content (AvgIpc) is 2.51. The molecule has 0 amide bonds. The maximum atomic E-state index is 5.83.